The van der Waals surface area contributed by atoms with Crippen molar-refractivity contribution in [1.82, 2.24) is 5.06 Å². The third-order valence-electron chi connectivity index (χ3n) is 4.52. The summed E-state index contributed by atoms with van der Waals surface area (Å²) in [6.07, 6.45) is 0. The highest BCUT2D eigenvalue weighted by atomic mass is 16.6. The Bertz CT molecular complexity index is 804. The number of hydroxylamine groups is 3. The summed E-state index contributed by atoms with van der Waals surface area (Å²) in [7, 11) is 0. The summed E-state index contributed by atoms with van der Waals surface area (Å²) in [5.41, 5.74) is 0.217. The second-order valence-corrected chi connectivity index (χ2v) is 5.89. The lowest BCUT2D eigenvalue weighted by atomic mass is 10.0. The predicted octanol–water partition coefficient (Wildman–Crippen LogP) is 2.86. The van der Waals surface area contributed by atoms with Gasteiger partial charge in [-0.15, -0.1) is 5.06 Å². The van der Waals surface area contributed by atoms with E-state index in [0.717, 1.165) is 15.4 Å². The Hall–Kier alpha value is -2.77. The molecule has 0 aromatic heterocycles. The normalized spacial score (nSPS) is 24.4. The molecule has 124 valence electrons. The van der Waals surface area contributed by atoms with E-state index in [1.54, 1.807) is 13.8 Å². The molecule has 0 saturated heterocycles. The molecule has 3 rings (SSSR count). The molecule has 2 aromatic carbocycles. The minimum Gasteiger partial charge on any atom is -0.622 e. The monoisotopic (exact) mass is 327 g/mol. The molecule has 1 aliphatic heterocycles. The van der Waals surface area contributed by atoms with Crippen LogP contribution in [0.25, 0.3) is 0 Å². The summed E-state index contributed by atoms with van der Waals surface area (Å²) in [6, 6.07) is 14.2. The third kappa shape index (κ3) is 2.26. The molecule has 2 unspecified atom stereocenters. The lowest BCUT2D eigenvalue weighted by Gasteiger charge is -2.29. The fraction of sp³-hybridized carbons (Fsp3) is 0.235. The second-order valence-electron chi connectivity index (χ2n) is 5.89. The Labute approximate surface area is 138 Å². The first-order valence-electron chi connectivity index (χ1n) is 7.50. The Morgan fingerprint density at radius 2 is 1.75 bits per heavy atom. The van der Waals surface area contributed by atoms with E-state index in [2.05, 4.69) is 0 Å². The number of benzene rings is 2. The summed E-state index contributed by atoms with van der Waals surface area (Å²) < 4.78 is 0.772. The van der Waals surface area contributed by atoms with E-state index in [-0.39, 0.29) is 5.69 Å². The van der Waals surface area contributed by atoms with E-state index in [4.69, 9.17) is 0 Å². The van der Waals surface area contributed by atoms with Crippen LogP contribution in [0.15, 0.2) is 54.6 Å². The summed E-state index contributed by atoms with van der Waals surface area (Å²) in [4.78, 5) is 10.3. The van der Waals surface area contributed by atoms with E-state index >= 15 is 0 Å². The molecule has 24 heavy (non-hydrogen) atoms. The lowest BCUT2D eigenvalue weighted by molar-refractivity contribution is -0.595. The standard InChI is InChI=1S/C17H17N3O4/c1-12-16(13-6-4-3-5-7-13)19(22)17(2,18(12)21)14-8-10-15(11-9-14)20(23)24/h3-12,21H,1-2H3. The van der Waals surface area contributed by atoms with Crippen LogP contribution in [0.2, 0.25) is 0 Å². The number of hydrogen-bond donors (Lipinski definition) is 1. The van der Waals surface area contributed by atoms with Gasteiger partial charge in [-0.05, 0) is 31.2 Å². The van der Waals surface area contributed by atoms with Gasteiger partial charge < -0.3 is 10.4 Å². The van der Waals surface area contributed by atoms with E-state index in [9.17, 15) is 20.5 Å². The highest BCUT2D eigenvalue weighted by molar-refractivity contribution is 6.01. The van der Waals surface area contributed by atoms with Crippen LogP contribution in [0.3, 0.4) is 0 Å². The number of rotatable bonds is 3. The fourth-order valence-electron chi connectivity index (χ4n) is 3.11. The second kappa shape index (κ2) is 5.70. The maximum absolute atomic E-state index is 13.0. The quantitative estimate of drug-likeness (QED) is 0.405. The van der Waals surface area contributed by atoms with E-state index in [0.29, 0.717) is 11.3 Å². The van der Waals surface area contributed by atoms with Crippen LogP contribution in [0.4, 0.5) is 5.69 Å². The van der Waals surface area contributed by atoms with Crippen molar-refractivity contribution >= 4 is 11.4 Å². The SMILES string of the molecule is CC1C(c2ccccc2)=[N+]([O-])C(C)(c2ccc([N+](=O)[O-])cc2)N1O. The molecule has 2 aromatic rings. The molecule has 1 aliphatic rings. The predicted molar refractivity (Wildman–Crippen MR) is 87.7 cm³/mol. The number of nitrogens with zero attached hydrogens (tertiary/aromatic N) is 3. The van der Waals surface area contributed by atoms with Crippen molar-refractivity contribution in [2.75, 3.05) is 0 Å². The molecule has 0 spiro atoms. The third-order valence-corrected chi connectivity index (χ3v) is 4.52. The topological polar surface area (TPSA) is 92.7 Å². The van der Waals surface area contributed by atoms with E-state index in [1.807, 2.05) is 30.3 Å². The number of hydrogen-bond acceptors (Lipinski definition) is 5. The van der Waals surface area contributed by atoms with Gasteiger partial charge in [0.1, 0.15) is 6.04 Å². The fourth-order valence-corrected chi connectivity index (χ4v) is 3.11. The minimum absolute atomic E-state index is 0.0670. The molecule has 0 aliphatic carbocycles. The van der Waals surface area contributed by atoms with Crippen LogP contribution in [0.1, 0.15) is 25.0 Å². The van der Waals surface area contributed by atoms with Gasteiger partial charge in [0.25, 0.3) is 11.4 Å². The molecule has 0 amide bonds. The molecule has 0 fully saturated rings. The summed E-state index contributed by atoms with van der Waals surface area (Å²) in [6.45, 7) is 3.33. The first kappa shape index (κ1) is 16.1. The van der Waals surface area contributed by atoms with Gasteiger partial charge in [0, 0.05) is 30.2 Å². The van der Waals surface area contributed by atoms with Gasteiger partial charge in [-0.25, -0.2) is 0 Å². The average Bonchev–Trinajstić information content (AvgIpc) is 2.77. The Morgan fingerprint density at radius 1 is 1.17 bits per heavy atom. The first-order valence-corrected chi connectivity index (χ1v) is 7.50. The molecular weight excluding hydrogens is 310 g/mol. The van der Waals surface area contributed by atoms with Crippen LogP contribution in [0, 0.1) is 15.3 Å². The van der Waals surface area contributed by atoms with Gasteiger partial charge in [0.15, 0.2) is 0 Å². The van der Waals surface area contributed by atoms with Crippen molar-refractivity contribution in [1.29, 1.82) is 0 Å². The Balaban J connectivity index is 2.12. The van der Waals surface area contributed by atoms with E-state index < -0.39 is 16.6 Å². The largest absolute Gasteiger partial charge is 0.622 e. The molecule has 2 atom stereocenters. The highest BCUT2D eigenvalue weighted by Crippen LogP contribution is 2.36. The van der Waals surface area contributed by atoms with Crippen LogP contribution in [-0.2, 0) is 5.66 Å². The van der Waals surface area contributed by atoms with Crippen LogP contribution in [-0.4, -0.2) is 31.7 Å². The zero-order valence-corrected chi connectivity index (χ0v) is 13.3. The molecule has 7 heteroatoms. The van der Waals surface area contributed by atoms with Gasteiger partial charge >= 0.3 is 0 Å². The molecular formula is C17H17N3O4. The number of nitro benzene ring substituents is 1. The molecule has 1 N–H and O–H groups in total. The zero-order chi connectivity index (χ0) is 17.5. The van der Waals surface area contributed by atoms with Crippen molar-refractivity contribution in [2.24, 2.45) is 0 Å². The van der Waals surface area contributed by atoms with E-state index in [1.165, 1.54) is 24.3 Å². The maximum atomic E-state index is 13.0. The summed E-state index contributed by atoms with van der Waals surface area (Å²) in [5, 5.41) is 35.4. The first-order chi connectivity index (χ1) is 11.4. The minimum atomic E-state index is -1.36. The van der Waals surface area contributed by atoms with Gasteiger partial charge in [-0.2, -0.15) is 4.74 Å². The smallest absolute Gasteiger partial charge is 0.274 e. The summed E-state index contributed by atoms with van der Waals surface area (Å²) >= 11 is 0. The van der Waals surface area contributed by atoms with Crippen LogP contribution < -0.4 is 0 Å². The Kier molecular flexibility index (Phi) is 3.82. The highest BCUT2D eigenvalue weighted by Gasteiger charge is 2.54. The van der Waals surface area contributed by atoms with Gasteiger partial charge in [0.05, 0.1) is 4.92 Å². The lowest BCUT2D eigenvalue weighted by Crippen LogP contribution is -2.45. The molecule has 0 bridgehead atoms. The molecule has 0 radical (unpaired) electrons. The molecule has 1 heterocycles. The van der Waals surface area contributed by atoms with Gasteiger partial charge in [-0.1, -0.05) is 18.2 Å². The number of nitro groups is 1. The maximum Gasteiger partial charge on any atom is 0.274 e. The summed E-state index contributed by atoms with van der Waals surface area (Å²) in [5.74, 6) is 0. The average molecular weight is 327 g/mol. The molecule has 7 nitrogen and oxygen atoms in total. The van der Waals surface area contributed by atoms with Gasteiger partial charge in [0.2, 0.25) is 5.71 Å². The van der Waals surface area contributed by atoms with Crippen molar-refractivity contribution in [3.05, 3.63) is 81.0 Å². The van der Waals surface area contributed by atoms with Crippen molar-refractivity contribution in [2.45, 2.75) is 25.6 Å². The molecule has 0 saturated carbocycles. The number of non-ortho nitro benzene ring substituents is 1. The van der Waals surface area contributed by atoms with Crippen LogP contribution >= 0.6 is 0 Å². The Morgan fingerprint density at radius 3 is 2.29 bits per heavy atom. The van der Waals surface area contributed by atoms with Crippen molar-refractivity contribution in [3.63, 3.8) is 0 Å². The van der Waals surface area contributed by atoms with Crippen molar-refractivity contribution < 1.29 is 14.9 Å². The van der Waals surface area contributed by atoms with Crippen LogP contribution in [0.5, 0.6) is 0 Å². The van der Waals surface area contributed by atoms with Gasteiger partial charge in [-0.3, -0.25) is 10.1 Å². The van der Waals surface area contributed by atoms with Crippen molar-refractivity contribution in [3.8, 4) is 0 Å². The zero-order valence-electron chi connectivity index (χ0n) is 13.3.